The number of halogens is 1. The number of aromatic nitrogens is 1. The largest absolute Gasteiger partial charge is 0.381 e. The van der Waals surface area contributed by atoms with Crippen LogP contribution in [0.25, 0.3) is 0 Å². The van der Waals surface area contributed by atoms with Crippen molar-refractivity contribution < 1.29 is 0 Å². The van der Waals surface area contributed by atoms with Crippen LogP contribution in [-0.4, -0.2) is 36.1 Å². The summed E-state index contributed by atoms with van der Waals surface area (Å²) in [5, 5.41) is 4.05. The van der Waals surface area contributed by atoms with Crippen LogP contribution in [0.5, 0.6) is 0 Å². The molecule has 1 aliphatic rings. The third-order valence-electron chi connectivity index (χ3n) is 3.49. The van der Waals surface area contributed by atoms with Crippen LogP contribution in [0.3, 0.4) is 0 Å². The number of anilines is 1. The molecule has 2 heterocycles. The summed E-state index contributed by atoms with van der Waals surface area (Å²) in [7, 11) is 2.20. The van der Waals surface area contributed by atoms with Crippen LogP contribution < -0.4 is 5.32 Å². The van der Waals surface area contributed by atoms with Crippen LogP contribution in [-0.2, 0) is 0 Å². The van der Waals surface area contributed by atoms with E-state index in [9.17, 15) is 0 Å². The first-order valence-corrected chi connectivity index (χ1v) is 6.59. The minimum Gasteiger partial charge on any atom is -0.381 e. The number of hydrogen-bond donors (Lipinski definition) is 1. The van der Waals surface area contributed by atoms with Gasteiger partial charge in [0, 0.05) is 12.6 Å². The molecule has 3 nitrogen and oxygen atoms in total. The maximum atomic E-state index is 5.77. The molecule has 1 fully saturated rings. The summed E-state index contributed by atoms with van der Waals surface area (Å²) >= 11 is 5.77. The van der Waals surface area contributed by atoms with Gasteiger partial charge in [-0.2, -0.15) is 0 Å². The van der Waals surface area contributed by atoms with Gasteiger partial charge in [0.05, 0.1) is 11.9 Å². The molecule has 0 radical (unpaired) electrons. The first kappa shape index (κ1) is 12.7. The van der Waals surface area contributed by atoms with Gasteiger partial charge in [-0.3, -0.25) is 0 Å². The first-order valence-electron chi connectivity index (χ1n) is 6.22. The molecule has 0 aromatic carbocycles. The molecule has 1 aromatic heterocycles. The van der Waals surface area contributed by atoms with Crippen molar-refractivity contribution in [2.45, 2.75) is 25.8 Å². The zero-order valence-electron chi connectivity index (χ0n) is 10.5. The fourth-order valence-corrected chi connectivity index (χ4v) is 2.57. The van der Waals surface area contributed by atoms with Crippen LogP contribution >= 0.6 is 11.6 Å². The lowest BCUT2D eigenvalue weighted by atomic mass is 9.92. The van der Waals surface area contributed by atoms with Gasteiger partial charge < -0.3 is 10.2 Å². The number of hydrogen-bond acceptors (Lipinski definition) is 3. The second-order valence-corrected chi connectivity index (χ2v) is 5.35. The van der Waals surface area contributed by atoms with Crippen LogP contribution in [0, 0.1) is 5.92 Å². The van der Waals surface area contributed by atoms with Gasteiger partial charge in [-0.25, -0.2) is 4.98 Å². The van der Waals surface area contributed by atoms with Gasteiger partial charge in [-0.1, -0.05) is 11.6 Å². The van der Waals surface area contributed by atoms with Gasteiger partial charge >= 0.3 is 0 Å². The molecule has 1 aliphatic heterocycles. The Labute approximate surface area is 108 Å². The molecular weight excluding hydrogens is 234 g/mol. The van der Waals surface area contributed by atoms with Crippen molar-refractivity contribution in [3.8, 4) is 0 Å². The van der Waals surface area contributed by atoms with Crippen LogP contribution in [0.1, 0.15) is 19.8 Å². The molecule has 17 heavy (non-hydrogen) atoms. The van der Waals surface area contributed by atoms with E-state index in [4.69, 9.17) is 11.6 Å². The Bertz CT molecular complexity index is 352. The number of nitrogens with one attached hydrogen (secondary N) is 1. The van der Waals surface area contributed by atoms with E-state index < -0.39 is 0 Å². The van der Waals surface area contributed by atoms with Gasteiger partial charge in [-0.15, -0.1) is 0 Å². The predicted octanol–water partition coefficient (Wildman–Crippen LogP) is 2.88. The van der Waals surface area contributed by atoms with E-state index >= 15 is 0 Å². The van der Waals surface area contributed by atoms with Gasteiger partial charge in [0.2, 0.25) is 0 Å². The van der Waals surface area contributed by atoms with Crippen molar-refractivity contribution in [1.29, 1.82) is 0 Å². The van der Waals surface area contributed by atoms with Crippen molar-refractivity contribution in [3.63, 3.8) is 0 Å². The van der Waals surface area contributed by atoms with Gasteiger partial charge in [-0.05, 0) is 51.4 Å². The summed E-state index contributed by atoms with van der Waals surface area (Å²) in [6, 6.07) is 4.28. The first-order chi connectivity index (χ1) is 8.15. The van der Waals surface area contributed by atoms with E-state index in [2.05, 4.69) is 29.2 Å². The Morgan fingerprint density at radius 2 is 2.35 bits per heavy atom. The molecule has 2 rings (SSSR count). The zero-order valence-corrected chi connectivity index (χ0v) is 11.2. The van der Waals surface area contributed by atoms with Crippen molar-refractivity contribution in [2.24, 2.45) is 5.92 Å². The lowest BCUT2D eigenvalue weighted by molar-refractivity contribution is 0.197. The smallest absolute Gasteiger partial charge is 0.129 e. The highest BCUT2D eigenvalue weighted by atomic mass is 35.5. The Hall–Kier alpha value is -0.800. The molecular formula is C13H20ClN3. The molecule has 94 valence electrons. The summed E-state index contributed by atoms with van der Waals surface area (Å²) in [6.07, 6.45) is 4.40. The third kappa shape index (κ3) is 3.58. The molecule has 1 N–H and O–H groups in total. The monoisotopic (exact) mass is 253 g/mol. The molecule has 0 saturated carbocycles. The number of rotatable bonds is 3. The Balaban J connectivity index is 1.91. The lowest BCUT2D eigenvalue weighted by Crippen LogP contribution is -2.39. The lowest BCUT2D eigenvalue weighted by Gasteiger charge is -2.34. The summed E-state index contributed by atoms with van der Waals surface area (Å²) in [5.41, 5.74) is 1.05. The fourth-order valence-electron chi connectivity index (χ4n) is 2.46. The normalized spacial score (nSPS) is 23.4. The van der Waals surface area contributed by atoms with Crippen LogP contribution in [0.15, 0.2) is 18.3 Å². The van der Waals surface area contributed by atoms with E-state index in [-0.39, 0.29) is 0 Å². The van der Waals surface area contributed by atoms with Crippen molar-refractivity contribution in [1.82, 2.24) is 9.88 Å². The Kier molecular flexibility index (Phi) is 4.24. The number of likely N-dealkylation sites (tertiary alicyclic amines) is 1. The van der Waals surface area contributed by atoms with Gasteiger partial charge in [0.1, 0.15) is 5.15 Å². The van der Waals surface area contributed by atoms with Crippen LogP contribution in [0.2, 0.25) is 5.15 Å². The minimum atomic E-state index is 0.473. The minimum absolute atomic E-state index is 0.473. The van der Waals surface area contributed by atoms with Crippen molar-refractivity contribution in [2.75, 3.05) is 25.5 Å². The van der Waals surface area contributed by atoms with E-state index in [0.717, 1.165) is 5.69 Å². The van der Waals surface area contributed by atoms with Gasteiger partial charge in [0.25, 0.3) is 0 Å². The summed E-state index contributed by atoms with van der Waals surface area (Å²) in [6.45, 7) is 4.65. The third-order valence-corrected chi connectivity index (χ3v) is 3.71. The topological polar surface area (TPSA) is 28.2 Å². The predicted molar refractivity (Wildman–Crippen MR) is 72.6 cm³/mol. The maximum Gasteiger partial charge on any atom is 0.129 e. The second-order valence-electron chi connectivity index (χ2n) is 4.97. The second kappa shape index (κ2) is 5.69. The van der Waals surface area contributed by atoms with Crippen molar-refractivity contribution >= 4 is 17.3 Å². The molecule has 0 spiro atoms. The number of pyridine rings is 1. The average molecular weight is 254 g/mol. The number of nitrogens with zero attached hydrogens (tertiary/aromatic N) is 2. The molecule has 2 atom stereocenters. The molecule has 2 unspecified atom stereocenters. The quantitative estimate of drug-likeness (QED) is 0.840. The average Bonchev–Trinajstić information content (AvgIpc) is 2.32. The zero-order chi connectivity index (χ0) is 12.3. The number of piperidine rings is 1. The maximum absolute atomic E-state index is 5.77. The summed E-state index contributed by atoms with van der Waals surface area (Å²) in [5.74, 6) is 0.712. The van der Waals surface area contributed by atoms with E-state index in [0.29, 0.717) is 17.1 Å². The summed E-state index contributed by atoms with van der Waals surface area (Å²) < 4.78 is 0. The molecule has 1 aromatic rings. The molecule has 0 amide bonds. The molecule has 4 heteroatoms. The van der Waals surface area contributed by atoms with E-state index in [1.165, 1.54) is 25.9 Å². The Morgan fingerprint density at radius 3 is 3.00 bits per heavy atom. The highest BCUT2D eigenvalue weighted by molar-refractivity contribution is 6.29. The van der Waals surface area contributed by atoms with E-state index in [1.807, 2.05) is 12.1 Å². The fraction of sp³-hybridized carbons (Fsp3) is 0.615. The highest BCUT2D eigenvalue weighted by Crippen LogP contribution is 2.21. The molecule has 0 bridgehead atoms. The standard InChI is InChI=1S/C13H20ClN3/c1-10(11-4-3-7-17(2)9-11)16-12-5-6-13(14)15-8-12/h5-6,8,10-11,16H,3-4,7,9H2,1-2H3. The van der Waals surface area contributed by atoms with Gasteiger partial charge in [0.15, 0.2) is 0 Å². The highest BCUT2D eigenvalue weighted by Gasteiger charge is 2.22. The Morgan fingerprint density at radius 1 is 1.53 bits per heavy atom. The van der Waals surface area contributed by atoms with E-state index in [1.54, 1.807) is 6.20 Å². The molecule has 1 saturated heterocycles. The summed E-state index contributed by atoms with van der Waals surface area (Å²) in [4.78, 5) is 6.49. The van der Waals surface area contributed by atoms with Crippen molar-refractivity contribution in [3.05, 3.63) is 23.5 Å². The van der Waals surface area contributed by atoms with Crippen LogP contribution in [0.4, 0.5) is 5.69 Å². The SMILES string of the molecule is CC(Nc1ccc(Cl)nc1)C1CCCN(C)C1. The molecule has 0 aliphatic carbocycles.